The van der Waals surface area contributed by atoms with Crippen LogP contribution in [-0.2, 0) is 5.41 Å². The van der Waals surface area contributed by atoms with Crippen LogP contribution in [0.3, 0.4) is 0 Å². The van der Waals surface area contributed by atoms with Gasteiger partial charge >= 0.3 is 0 Å². The van der Waals surface area contributed by atoms with Gasteiger partial charge in [0.15, 0.2) is 6.19 Å². The molecule has 1 aliphatic carbocycles. The van der Waals surface area contributed by atoms with Gasteiger partial charge in [0.25, 0.3) is 5.91 Å². The van der Waals surface area contributed by atoms with Gasteiger partial charge in [0.2, 0.25) is 5.96 Å². The lowest BCUT2D eigenvalue weighted by molar-refractivity contribution is 0.0900. The first-order chi connectivity index (χ1) is 16.2. The van der Waals surface area contributed by atoms with Crippen LogP contribution < -0.4 is 15.4 Å². The Labute approximate surface area is 202 Å². The summed E-state index contributed by atoms with van der Waals surface area (Å²) in [5.41, 5.74) is 1.23. The van der Waals surface area contributed by atoms with Gasteiger partial charge in [0.1, 0.15) is 5.75 Å². The minimum atomic E-state index is -0.295. The fourth-order valence-corrected chi connectivity index (χ4v) is 5.13. The number of nitrogens with one attached hydrogen (secondary N) is 3. The molecule has 7 heteroatoms. The van der Waals surface area contributed by atoms with E-state index in [9.17, 15) is 4.79 Å². The molecule has 0 atom stereocenters. The number of hydrogen-bond acceptors (Lipinski definition) is 4. The van der Waals surface area contributed by atoms with Crippen molar-refractivity contribution in [2.75, 3.05) is 13.7 Å². The molecule has 2 aromatic rings. The Morgan fingerprint density at radius 3 is 2.35 bits per heavy atom. The quantitative estimate of drug-likeness (QED) is 0.256. The van der Waals surface area contributed by atoms with Crippen molar-refractivity contribution in [1.82, 2.24) is 15.5 Å². The van der Waals surface area contributed by atoms with Crippen LogP contribution in [0.2, 0.25) is 0 Å². The van der Waals surface area contributed by atoms with Gasteiger partial charge in [0.05, 0.1) is 12.7 Å². The third-order valence-corrected chi connectivity index (χ3v) is 6.74. The normalized spacial score (nSPS) is 20.0. The van der Waals surface area contributed by atoms with Crippen LogP contribution in [-0.4, -0.2) is 42.0 Å². The maximum absolute atomic E-state index is 13.0. The number of hydrogen-bond donors (Lipinski definition) is 3. The van der Waals surface area contributed by atoms with E-state index in [4.69, 9.17) is 15.4 Å². The molecular formula is C27H35N5O2. The van der Waals surface area contributed by atoms with Crippen molar-refractivity contribution in [3.8, 4) is 11.9 Å². The highest BCUT2D eigenvalue weighted by molar-refractivity contribution is 5.97. The first kappa shape index (κ1) is 25.1. The maximum Gasteiger partial charge on any atom is 0.255 e. The van der Waals surface area contributed by atoms with Crippen molar-refractivity contribution in [3.63, 3.8) is 0 Å². The molecule has 0 heterocycles. The zero-order chi connectivity index (χ0) is 24.8. The second-order valence-corrected chi connectivity index (χ2v) is 9.89. The van der Waals surface area contributed by atoms with Crippen LogP contribution in [0.4, 0.5) is 0 Å². The number of carbonyl (C=O) groups excluding carboxylic acids is 1. The van der Waals surface area contributed by atoms with E-state index < -0.39 is 0 Å². The van der Waals surface area contributed by atoms with E-state index in [0.29, 0.717) is 17.9 Å². The minimum Gasteiger partial charge on any atom is -0.496 e. The van der Waals surface area contributed by atoms with Crippen LogP contribution in [0.1, 0.15) is 62.4 Å². The Morgan fingerprint density at radius 2 is 1.76 bits per heavy atom. The van der Waals surface area contributed by atoms with Gasteiger partial charge in [-0.2, -0.15) is 5.26 Å². The lowest BCUT2D eigenvalue weighted by atomic mass is 9.67. The predicted molar refractivity (Wildman–Crippen MR) is 134 cm³/mol. The lowest BCUT2D eigenvalue weighted by Crippen LogP contribution is -2.57. The van der Waals surface area contributed by atoms with Crippen molar-refractivity contribution in [1.29, 1.82) is 10.7 Å². The van der Waals surface area contributed by atoms with Gasteiger partial charge in [-0.25, -0.2) is 0 Å². The number of amides is 1. The Morgan fingerprint density at radius 1 is 1.15 bits per heavy atom. The summed E-state index contributed by atoms with van der Waals surface area (Å²) in [5.74, 6) is 0.546. The summed E-state index contributed by atoms with van der Waals surface area (Å²) in [4.78, 5) is 15.1. The van der Waals surface area contributed by atoms with Gasteiger partial charge in [-0.3, -0.25) is 15.5 Å². The van der Waals surface area contributed by atoms with Crippen molar-refractivity contribution in [2.45, 2.75) is 63.5 Å². The van der Waals surface area contributed by atoms with E-state index in [0.717, 1.165) is 25.7 Å². The highest BCUT2D eigenvalue weighted by Gasteiger charge is 2.41. The van der Waals surface area contributed by atoms with Crippen LogP contribution in [0.5, 0.6) is 5.75 Å². The minimum absolute atomic E-state index is 0.134. The molecule has 1 aliphatic rings. The van der Waals surface area contributed by atoms with Crippen molar-refractivity contribution >= 4 is 11.9 Å². The molecule has 3 rings (SSSR count). The molecule has 0 radical (unpaired) electrons. The third-order valence-electron chi connectivity index (χ3n) is 6.74. The number of benzene rings is 2. The number of para-hydroxylation sites is 1. The Kier molecular flexibility index (Phi) is 7.83. The SMILES string of the molecule is COc1ccccc1C(=O)NCC1(c2ccccc2)CCC(N(C(=N)NC#N)C(C)(C)C)CC1. The molecule has 1 amide bonds. The molecule has 7 nitrogen and oxygen atoms in total. The first-order valence-corrected chi connectivity index (χ1v) is 11.7. The van der Waals surface area contributed by atoms with Crippen LogP contribution in [0, 0.1) is 16.9 Å². The number of guanidine groups is 1. The molecule has 0 bridgehead atoms. The Balaban J connectivity index is 1.81. The van der Waals surface area contributed by atoms with Gasteiger partial charge in [-0.05, 0) is 64.2 Å². The largest absolute Gasteiger partial charge is 0.496 e. The number of methoxy groups -OCH3 is 1. The average molecular weight is 462 g/mol. The van der Waals surface area contributed by atoms with Crippen molar-refractivity contribution in [2.24, 2.45) is 0 Å². The molecule has 2 aromatic carbocycles. The first-order valence-electron chi connectivity index (χ1n) is 11.7. The van der Waals surface area contributed by atoms with Gasteiger partial charge in [0, 0.05) is 23.5 Å². The van der Waals surface area contributed by atoms with E-state index in [1.807, 2.05) is 41.4 Å². The van der Waals surface area contributed by atoms with Crippen LogP contribution in [0.15, 0.2) is 54.6 Å². The smallest absolute Gasteiger partial charge is 0.255 e. The number of rotatable bonds is 6. The Bertz CT molecular complexity index is 1030. The van der Waals surface area contributed by atoms with Crippen molar-refractivity contribution in [3.05, 3.63) is 65.7 Å². The molecule has 3 N–H and O–H groups in total. The highest BCUT2D eigenvalue weighted by atomic mass is 16.5. The monoisotopic (exact) mass is 461 g/mol. The summed E-state index contributed by atoms with van der Waals surface area (Å²) < 4.78 is 5.37. The van der Waals surface area contributed by atoms with Gasteiger partial charge in [-0.1, -0.05) is 42.5 Å². The summed E-state index contributed by atoms with van der Waals surface area (Å²) in [6.45, 7) is 6.71. The summed E-state index contributed by atoms with van der Waals surface area (Å²) >= 11 is 0. The molecule has 0 aromatic heterocycles. The van der Waals surface area contributed by atoms with E-state index in [1.54, 1.807) is 19.2 Å². The molecule has 0 unspecified atom stereocenters. The van der Waals surface area contributed by atoms with E-state index in [1.165, 1.54) is 5.56 Å². The summed E-state index contributed by atoms with van der Waals surface area (Å²) in [5, 5.41) is 23.1. The number of nitrogens with zero attached hydrogens (tertiary/aromatic N) is 2. The van der Waals surface area contributed by atoms with E-state index >= 15 is 0 Å². The standard InChI is InChI=1S/C27H35N5O2/c1-26(2,3)32(25(29)31-19-28)21-14-16-27(17-15-21,20-10-6-5-7-11-20)18-30-24(33)22-12-8-9-13-23(22)34-4/h5-13,21H,14-18H2,1-4H3,(H2,29,31)(H,30,33). The Hall–Kier alpha value is -3.53. The molecule has 180 valence electrons. The second-order valence-electron chi connectivity index (χ2n) is 9.89. The summed E-state index contributed by atoms with van der Waals surface area (Å²) in [6.07, 6.45) is 5.31. The molecular weight excluding hydrogens is 426 g/mol. The van der Waals surface area contributed by atoms with Crippen LogP contribution in [0.25, 0.3) is 0 Å². The number of carbonyl (C=O) groups is 1. The zero-order valence-electron chi connectivity index (χ0n) is 20.5. The molecule has 0 aliphatic heterocycles. The van der Waals surface area contributed by atoms with Gasteiger partial charge < -0.3 is 15.0 Å². The summed E-state index contributed by atoms with van der Waals surface area (Å²) in [6, 6.07) is 17.7. The number of ether oxygens (including phenoxy) is 1. The summed E-state index contributed by atoms with van der Waals surface area (Å²) in [7, 11) is 1.57. The zero-order valence-corrected chi connectivity index (χ0v) is 20.5. The molecule has 1 fully saturated rings. The van der Waals surface area contributed by atoms with E-state index in [2.05, 4.69) is 43.5 Å². The maximum atomic E-state index is 13.0. The second kappa shape index (κ2) is 10.6. The van der Waals surface area contributed by atoms with E-state index in [-0.39, 0.29) is 28.9 Å². The lowest BCUT2D eigenvalue weighted by Gasteiger charge is -2.48. The highest BCUT2D eigenvalue weighted by Crippen LogP contribution is 2.41. The molecule has 0 spiro atoms. The third kappa shape index (κ3) is 5.51. The van der Waals surface area contributed by atoms with Gasteiger partial charge in [-0.15, -0.1) is 0 Å². The molecule has 1 saturated carbocycles. The average Bonchev–Trinajstić information content (AvgIpc) is 2.83. The number of nitriles is 1. The van der Waals surface area contributed by atoms with Crippen LogP contribution >= 0.6 is 0 Å². The topological polar surface area (TPSA) is 101 Å². The fourth-order valence-electron chi connectivity index (χ4n) is 5.13. The molecule has 34 heavy (non-hydrogen) atoms. The fraction of sp³-hybridized carbons (Fsp3) is 0.444. The van der Waals surface area contributed by atoms with Crippen molar-refractivity contribution < 1.29 is 9.53 Å². The predicted octanol–water partition coefficient (Wildman–Crippen LogP) is 4.41. The molecule has 0 saturated heterocycles.